The van der Waals surface area contributed by atoms with Gasteiger partial charge in [0.2, 0.25) is 5.70 Å². The fourth-order valence-corrected chi connectivity index (χ4v) is 15.0. The van der Waals surface area contributed by atoms with Crippen molar-refractivity contribution in [3.63, 3.8) is 0 Å². The minimum atomic E-state index is -0.848. The molecule has 6 aromatic carbocycles. The molecule has 3 aliphatic heterocycles. The predicted octanol–water partition coefficient (Wildman–Crippen LogP) is 27.0. The highest BCUT2D eigenvalue weighted by Gasteiger charge is 2.41. The number of ether oxygens (including phenoxy) is 6. The van der Waals surface area contributed by atoms with Gasteiger partial charge in [-0.2, -0.15) is 31.6 Å². The molecule has 3 heterocycles. The Hall–Kier alpha value is -14.3. The standard InChI is InChI=1S/2C37H42N4O2.C26H35NO2.C11H9N3O/c1-10-12-20-41(21-13-11-2)31-18-16-28(34(24-31)42-9)14-15-29-22-27(4)30(23-26(29)3)17-19-32-35(40-8)36(33(25-38)39-7)43-37(32,5)6;1-8-10-18-41(19-11-9-2)32-16-14-28(35(22-32)42-7)12-13-29-20-27(4)30(21-26(29)3)15-17-34-33(25-40)36(31(23-38)24-39)43-37(34,5)6;1-6-8-14-27(15-9-7-2)25-13-12-22(26(18-25)29-5)10-11-23-16-21(4)24(19-28)17-20(23)3;1-7-9(6-14)10(8(4-12)5-13)15-11(7,2)3/h14-19,22-24H,10-13,20-21H2,1-6,9H3;12-17,20-22H,8-11,18-19H2,1-7H3;10-13,16-19H,6-9,14-15H2,1-5H3;1-3H3/b15-14+,19-17+,36-33+;13-12+,17-15+;11-10+;. The molecular weight excluding hydrogens is 1610 g/mol. The van der Waals surface area contributed by atoms with Crippen molar-refractivity contribution in [1.82, 2.24) is 0 Å². The van der Waals surface area contributed by atoms with Crippen LogP contribution in [0.2, 0.25) is 0 Å². The molecule has 0 aromatic heterocycles. The van der Waals surface area contributed by atoms with Crippen LogP contribution in [0, 0.1) is 134 Å². The van der Waals surface area contributed by atoms with Gasteiger partial charge in [-0.15, -0.1) is 0 Å². The van der Waals surface area contributed by atoms with Crippen molar-refractivity contribution in [2.45, 2.75) is 225 Å². The first-order valence-corrected chi connectivity index (χ1v) is 44.8. The number of nitrogens with zero attached hydrogens (tertiary/aromatic N) is 12. The van der Waals surface area contributed by atoms with E-state index in [1.54, 1.807) is 54.2 Å². The molecule has 0 unspecified atom stereocenters. The minimum absolute atomic E-state index is 0.0450. The molecule has 19 heteroatoms. The van der Waals surface area contributed by atoms with E-state index in [2.05, 4.69) is 221 Å². The first kappa shape index (κ1) is 105. The number of unbranched alkanes of at least 4 members (excludes halogenated alkanes) is 6. The summed E-state index contributed by atoms with van der Waals surface area (Å²) in [5.74, 6) is 2.80. The van der Waals surface area contributed by atoms with Gasteiger partial charge in [-0.3, -0.25) is 4.79 Å². The summed E-state index contributed by atoms with van der Waals surface area (Å²) in [5.41, 5.74) is 19.2. The Balaban J connectivity index is 0.000000282. The average molecular weight is 1740 g/mol. The fourth-order valence-electron chi connectivity index (χ4n) is 15.0. The molecule has 0 radical (unpaired) electrons. The van der Waals surface area contributed by atoms with Crippen molar-refractivity contribution < 1.29 is 33.2 Å². The van der Waals surface area contributed by atoms with E-state index in [9.17, 15) is 25.8 Å². The Morgan fingerprint density at radius 3 is 0.931 bits per heavy atom. The smallest absolute Gasteiger partial charge is 0.292 e. The zero-order valence-corrected chi connectivity index (χ0v) is 80.5. The molecule has 19 nitrogen and oxygen atoms in total. The van der Waals surface area contributed by atoms with Crippen LogP contribution >= 0.6 is 0 Å². The van der Waals surface area contributed by atoms with Gasteiger partial charge in [-0.05, 0) is 238 Å². The fraction of sp³-hybridized carbons (Fsp3) is 0.387. The summed E-state index contributed by atoms with van der Waals surface area (Å²) in [5, 5.41) is 64.2. The summed E-state index contributed by atoms with van der Waals surface area (Å²) >= 11 is 0. The van der Waals surface area contributed by atoms with E-state index in [0.29, 0.717) is 11.1 Å². The molecule has 0 aliphatic carbocycles. The summed E-state index contributed by atoms with van der Waals surface area (Å²) in [4.78, 5) is 25.4. The van der Waals surface area contributed by atoms with E-state index in [0.717, 1.165) is 152 Å². The lowest BCUT2D eigenvalue weighted by molar-refractivity contribution is 0.0927. The van der Waals surface area contributed by atoms with Crippen molar-refractivity contribution in [1.29, 1.82) is 36.8 Å². The van der Waals surface area contributed by atoms with Crippen molar-refractivity contribution in [3.8, 4) is 59.7 Å². The van der Waals surface area contributed by atoms with Gasteiger partial charge >= 0.3 is 0 Å². The number of carbonyl (C=O) groups excluding carboxylic acids is 1. The van der Waals surface area contributed by atoms with Gasteiger partial charge in [0, 0.05) is 108 Å². The van der Waals surface area contributed by atoms with E-state index in [1.807, 2.05) is 96.2 Å². The van der Waals surface area contributed by atoms with Crippen LogP contribution in [0.15, 0.2) is 171 Å². The van der Waals surface area contributed by atoms with Gasteiger partial charge in [0.15, 0.2) is 22.7 Å². The summed E-state index contributed by atoms with van der Waals surface area (Å²) in [6.45, 7) is 59.6. The zero-order valence-electron chi connectivity index (χ0n) is 80.5. The van der Waals surface area contributed by atoms with Crippen LogP contribution in [0.1, 0.15) is 255 Å². The second kappa shape index (κ2) is 50.9. The van der Waals surface area contributed by atoms with E-state index < -0.39 is 16.8 Å². The molecule has 6 aromatic rings. The maximum absolute atomic E-state index is 11.1. The van der Waals surface area contributed by atoms with Crippen molar-refractivity contribution in [3.05, 3.63) is 277 Å². The lowest BCUT2D eigenvalue weighted by Crippen LogP contribution is -2.25. The molecule has 0 bridgehead atoms. The van der Waals surface area contributed by atoms with Crippen LogP contribution in [0.3, 0.4) is 0 Å². The first-order valence-electron chi connectivity index (χ1n) is 44.8. The summed E-state index contributed by atoms with van der Waals surface area (Å²) in [6.07, 6.45) is 35.3. The van der Waals surface area contributed by atoms with Gasteiger partial charge in [0.25, 0.3) is 5.70 Å². The second-order valence-corrected chi connectivity index (χ2v) is 33.8. The number of hydrogen-bond donors (Lipinski definition) is 0. The van der Waals surface area contributed by atoms with E-state index in [4.69, 9.17) is 57.4 Å². The van der Waals surface area contributed by atoms with Crippen LogP contribution in [0.25, 0.3) is 58.3 Å². The van der Waals surface area contributed by atoms with Gasteiger partial charge in [-0.1, -0.05) is 171 Å². The van der Waals surface area contributed by atoms with Crippen LogP contribution in [-0.4, -0.2) is 83.7 Å². The number of allylic oxidation sites excluding steroid dienone is 5. The Morgan fingerprint density at radius 2 is 0.646 bits per heavy atom. The normalized spacial score (nSPS) is 14.2. The molecule has 674 valence electrons. The van der Waals surface area contributed by atoms with Gasteiger partial charge in [-0.25, -0.2) is 15.0 Å². The molecule has 0 spiro atoms. The molecule has 130 heavy (non-hydrogen) atoms. The van der Waals surface area contributed by atoms with E-state index in [-0.39, 0.29) is 51.0 Å². The largest absolute Gasteiger partial charge is 0.505 e. The minimum Gasteiger partial charge on any atom is -0.505 e. The SMILES string of the molecule is CC1=C(C#N)C(=C(C#N)C#N)OC1(C)C.CCCCN(CCCC)c1ccc(/C=C/c2cc(C)c(/C=C/C3=C(C#N)C(=C(C#N)C#N)OC3(C)C)cc2C)c(OC)c1.CCCCN(CCCC)c1ccc(/C=C/c2cc(C)c(C=O)cc2C)c(OC)c1.[C-]#[N+]C1=C(/C=C/c2cc(C)c(/C=C/c3ccc(N(CCCC)CCCC)cc3OC)cc2C)C(C)(C)O/C1=C(\C#N)[N+]#[C-]. The summed E-state index contributed by atoms with van der Waals surface area (Å²) < 4.78 is 34.5. The van der Waals surface area contributed by atoms with Gasteiger partial charge < -0.3 is 43.1 Å². The molecule has 0 atom stereocenters. The third-order valence-electron chi connectivity index (χ3n) is 23.2. The van der Waals surface area contributed by atoms with Crippen LogP contribution in [0.4, 0.5) is 17.1 Å². The maximum atomic E-state index is 11.1. The second-order valence-electron chi connectivity index (χ2n) is 33.8. The molecule has 0 saturated heterocycles. The number of carbonyl (C=O) groups is 1. The number of aryl methyl sites for hydroxylation is 6. The average Bonchev–Trinajstić information content (AvgIpc) is 1.63. The molecular formula is C111H128N12O7. The third kappa shape index (κ3) is 27.6. The van der Waals surface area contributed by atoms with Crippen molar-refractivity contribution in [2.75, 3.05) is 75.3 Å². The molecule has 0 fully saturated rings. The maximum Gasteiger partial charge on any atom is 0.292 e. The number of aldehydes is 1. The molecule has 0 saturated carbocycles. The van der Waals surface area contributed by atoms with Crippen molar-refractivity contribution >= 4 is 72.0 Å². The Kier molecular flexibility index (Phi) is 40.9. The number of hydrogen-bond acceptors (Lipinski definition) is 17. The Bertz CT molecular complexity index is 5550. The molecule has 3 aliphatic rings. The van der Waals surface area contributed by atoms with E-state index in [1.165, 1.54) is 94.1 Å². The quantitative estimate of drug-likeness (QED) is 0.0155. The first-order chi connectivity index (χ1) is 62.3. The highest BCUT2D eigenvalue weighted by molar-refractivity contribution is 5.83. The monoisotopic (exact) mass is 1740 g/mol. The van der Waals surface area contributed by atoms with Crippen molar-refractivity contribution in [2.24, 2.45) is 0 Å². The number of anilines is 3. The number of nitriles is 7. The van der Waals surface area contributed by atoms with Crippen LogP contribution in [-0.2, 0) is 14.2 Å². The van der Waals surface area contributed by atoms with E-state index >= 15 is 0 Å². The van der Waals surface area contributed by atoms with Gasteiger partial charge in [0.05, 0.1) is 46.1 Å². The highest BCUT2D eigenvalue weighted by Crippen LogP contribution is 2.45. The molecule has 9 rings (SSSR count). The van der Waals surface area contributed by atoms with Gasteiger partial charge in [0.1, 0.15) is 88.1 Å². The third-order valence-corrected chi connectivity index (χ3v) is 23.2. The number of benzene rings is 6. The number of rotatable bonds is 35. The summed E-state index contributed by atoms with van der Waals surface area (Å²) in [6, 6.07) is 45.0. The van der Waals surface area contributed by atoms with Crippen LogP contribution < -0.4 is 28.9 Å². The topological polar surface area (TPSA) is 257 Å². The lowest BCUT2D eigenvalue weighted by atomic mass is 9.93. The predicted molar refractivity (Wildman–Crippen MR) is 529 cm³/mol. The molecule has 0 N–H and O–H groups in total. The zero-order chi connectivity index (χ0) is 96.0. The summed E-state index contributed by atoms with van der Waals surface area (Å²) in [7, 11) is 5.18. The Labute approximate surface area is 775 Å². The highest BCUT2D eigenvalue weighted by atomic mass is 16.5. The number of methoxy groups -OCH3 is 3. The lowest BCUT2D eigenvalue weighted by Gasteiger charge is -2.25. The van der Waals surface area contributed by atoms with Crippen LogP contribution in [0.5, 0.6) is 17.2 Å². The molecule has 0 amide bonds. The Morgan fingerprint density at radius 1 is 0.369 bits per heavy atom.